The molecule has 6 heteroatoms. The summed E-state index contributed by atoms with van der Waals surface area (Å²) in [7, 11) is 0. The second kappa shape index (κ2) is 6.93. The molecule has 2 aliphatic rings. The molecule has 0 unspecified atom stereocenters. The van der Waals surface area contributed by atoms with Gasteiger partial charge in [-0.25, -0.2) is 4.79 Å². The van der Waals surface area contributed by atoms with Crippen molar-refractivity contribution in [3.63, 3.8) is 0 Å². The van der Waals surface area contributed by atoms with E-state index in [1.165, 1.54) is 0 Å². The molecule has 3 amide bonds. The van der Waals surface area contributed by atoms with E-state index in [0.717, 1.165) is 28.1 Å². The van der Waals surface area contributed by atoms with Crippen molar-refractivity contribution in [1.82, 2.24) is 10.2 Å². The lowest BCUT2D eigenvalue weighted by Crippen LogP contribution is -2.53. The Labute approximate surface area is 163 Å². The Balaban J connectivity index is 1.78. The summed E-state index contributed by atoms with van der Waals surface area (Å²) in [5.41, 5.74) is 4.08. The van der Waals surface area contributed by atoms with E-state index in [0.29, 0.717) is 19.6 Å². The highest BCUT2D eigenvalue weighted by Gasteiger charge is 2.59. The lowest BCUT2D eigenvalue weighted by Gasteiger charge is -2.33. The number of fused-ring (bicyclic) bond motifs is 2. The van der Waals surface area contributed by atoms with Crippen LogP contribution in [-0.4, -0.2) is 35.7 Å². The molecule has 5 nitrogen and oxygen atoms in total. The summed E-state index contributed by atoms with van der Waals surface area (Å²) in [5.74, 6) is 0.718. The van der Waals surface area contributed by atoms with Gasteiger partial charge in [-0.3, -0.25) is 9.69 Å². The first-order valence-electron chi connectivity index (χ1n) is 9.25. The van der Waals surface area contributed by atoms with E-state index in [9.17, 15) is 9.59 Å². The molecule has 1 spiro atoms. The normalized spacial score (nSPS) is 21.0. The first-order chi connectivity index (χ1) is 13.1. The van der Waals surface area contributed by atoms with Gasteiger partial charge in [-0.05, 0) is 31.0 Å². The third-order valence-corrected chi connectivity index (χ3v) is 6.68. The van der Waals surface area contributed by atoms with Crippen molar-refractivity contribution >= 4 is 29.4 Å². The van der Waals surface area contributed by atoms with Gasteiger partial charge in [0.15, 0.2) is 4.87 Å². The maximum Gasteiger partial charge on any atom is 0.319 e. The number of para-hydroxylation sites is 1. The lowest BCUT2D eigenvalue weighted by atomic mass is 10.1. The van der Waals surface area contributed by atoms with Crippen molar-refractivity contribution in [3.8, 4) is 0 Å². The van der Waals surface area contributed by atoms with Crippen LogP contribution >= 0.6 is 11.8 Å². The number of benzene rings is 2. The summed E-state index contributed by atoms with van der Waals surface area (Å²) in [6, 6.07) is 15.8. The van der Waals surface area contributed by atoms with Gasteiger partial charge in [0.05, 0.1) is 12.2 Å². The van der Waals surface area contributed by atoms with Crippen molar-refractivity contribution in [2.24, 2.45) is 0 Å². The average Bonchev–Trinajstić information content (AvgIpc) is 3.21. The Bertz CT molecular complexity index is 901. The Morgan fingerprint density at radius 1 is 1.19 bits per heavy atom. The summed E-state index contributed by atoms with van der Waals surface area (Å²) < 4.78 is 0. The molecule has 0 bridgehead atoms. The van der Waals surface area contributed by atoms with E-state index < -0.39 is 4.87 Å². The van der Waals surface area contributed by atoms with Crippen LogP contribution in [0, 0.1) is 6.92 Å². The van der Waals surface area contributed by atoms with Crippen LogP contribution in [0.25, 0.3) is 0 Å². The lowest BCUT2D eigenvalue weighted by molar-refractivity contribution is -0.123. The fraction of sp³-hybridized carbons (Fsp3) is 0.333. The zero-order chi connectivity index (χ0) is 19.0. The van der Waals surface area contributed by atoms with E-state index in [4.69, 9.17) is 0 Å². The first kappa shape index (κ1) is 17.9. The molecule has 4 rings (SSSR count). The van der Waals surface area contributed by atoms with Crippen LogP contribution < -0.4 is 10.2 Å². The Hall–Kier alpha value is -2.47. The average molecular weight is 382 g/mol. The highest BCUT2D eigenvalue weighted by Crippen LogP contribution is 2.54. The van der Waals surface area contributed by atoms with E-state index in [-0.39, 0.29) is 11.9 Å². The molecule has 1 atom stereocenters. The van der Waals surface area contributed by atoms with Crippen LogP contribution in [0.15, 0.2) is 48.5 Å². The minimum Gasteiger partial charge on any atom is -0.338 e. The first-order valence-corrected chi connectivity index (χ1v) is 10.2. The van der Waals surface area contributed by atoms with E-state index in [1.54, 1.807) is 16.7 Å². The molecule has 0 saturated carbocycles. The largest absolute Gasteiger partial charge is 0.338 e. The molecule has 27 heavy (non-hydrogen) atoms. The number of hydrogen-bond acceptors (Lipinski definition) is 3. The second-order valence-electron chi connectivity index (χ2n) is 6.81. The van der Waals surface area contributed by atoms with E-state index in [2.05, 4.69) is 24.4 Å². The van der Waals surface area contributed by atoms with Crippen LogP contribution in [0.1, 0.15) is 23.6 Å². The van der Waals surface area contributed by atoms with Gasteiger partial charge in [-0.15, -0.1) is 11.8 Å². The van der Waals surface area contributed by atoms with Gasteiger partial charge in [0, 0.05) is 24.4 Å². The summed E-state index contributed by atoms with van der Waals surface area (Å²) in [6.45, 7) is 5.56. The molecule has 2 aliphatic heterocycles. The summed E-state index contributed by atoms with van der Waals surface area (Å²) in [5, 5.41) is 2.87. The maximum absolute atomic E-state index is 13.7. The fourth-order valence-electron chi connectivity index (χ4n) is 3.93. The van der Waals surface area contributed by atoms with Crippen molar-refractivity contribution in [2.45, 2.75) is 25.3 Å². The molecule has 140 valence electrons. The zero-order valence-electron chi connectivity index (χ0n) is 15.6. The monoisotopic (exact) mass is 381 g/mol. The number of urea groups is 1. The summed E-state index contributed by atoms with van der Waals surface area (Å²) >= 11 is 1.56. The molecule has 1 fully saturated rings. The Morgan fingerprint density at radius 3 is 2.70 bits per heavy atom. The van der Waals surface area contributed by atoms with Gasteiger partial charge >= 0.3 is 6.03 Å². The maximum atomic E-state index is 13.7. The van der Waals surface area contributed by atoms with Gasteiger partial charge < -0.3 is 10.2 Å². The molecule has 0 aliphatic carbocycles. The minimum absolute atomic E-state index is 0.0271. The smallest absolute Gasteiger partial charge is 0.319 e. The van der Waals surface area contributed by atoms with Crippen LogP contribution in [-0.2, 0) is 16.2 Å². The third kappa shape index (κ3) is 2.70. The highest BCUT2D eigenvalue weighted by molar-refractivity contribution is 8.01. The van der Waals surface area contributed by atoms with Crippen molar-refractivity contribution < 1.29 is 9.59 Å². The van der Waals surface area contributed by atoms with Crippen molar-refractivity contribution in [3.05, 3.63) is 65.2 Å². The Kier molecular flexibility index (Phi) is 4.60. The molecular weight excluding hydrogens is 358 g/mol. The van der Waals surface area contributed by atoms with Crippen LogP contribution in [0.2, 0.25) is 0 Å². The molecule has 1 saturated heterocycles. The SMILES string of the molecule is CCNC(=O)N1CCS[C@@]12C(=O)N(Cc1ccccc1C)c1ccccc12. The van der Waals surface area contributed by atoms with E-state index >= 15 is 0 Å². The number of carbonyl (C=O) groups excluding carboxylic acids is 2. The number of rotatable bonds is 3. The van der Waals surface area contributed by atoms with Crippen LogP contribution in [0.3, 0.4) is 0 Å². The van der Waals surface area contributed by atoms with Crippen LogP contribution in [0.4, 0.5) is 10.5 Å². The molecule has 2 heterocycles. The van der Waals surface area contributed by atoms with Gasteiger partial charge in [0.1, 0.15) is 0 Å². The van der Waals surface area contributed by atoms with E-state index in [1.807, 2.05) is 48.2 Å². The third-order valence-electron chi connectivity index (χ3n) is 5.26. The van der Waals surface area contributed by atoms with Crippen molar-refractivity contribution in [1.29, 1.82) is 0 Å². The van der Waals surface area contributed by atoms with Gasteiger partial charge in [-0.2, -0.15) is 0 Å². The summed E-state index contributed by atoms with van der Waals surface area (Å²) in [6.07, 6.45) is 0. The number of carbonyl (C=O) groups is 2. The topological polar surface area (TPSA) is 52.7 Å². The molecule has 0 aromatic heterocycles. The number of thioether (sulfide) groups is 1. The molecule has 2 aromatic carbocycles. The predicted octanol–water partition coefficient (Wildman–Crippen LogP) is 3.47. The minimum atomic E-state index is -0.960. The second-order valence-corrected chi connectivity index (χ2v) is 8.10. The molecule has 1 N–H and O–H groups in total. The van der Waals surface area contributed by atoms with Crippen LogP contribution in [0.5, 0.6) is 0 Å². The van der Waals surface area contributed by atoms with Gasteiger partial charge in [0.2, 0.25) is 0 Å². The number of aryl methyl sites for hydroxylation is 1. The zero-order valence-corrected chi connectivity index (χ0v) is 16.4. The number of nitrogens with zero attached hydrogens (tertiary/aromatic N) is 2. The number of nitrogens with one attached hydrogen (secondary N) is 1. The highest BCUT2D eigenvalue weighted by atomic mass is 32.2. The fourth-order valence-corrected chi connectivity index (χ4v) is 5.39. The van der Waals surface area contributed by atoms with Gasteiger partial charge in [-0.1, -0.05) is 42.5 Å². The number of hydrogen-bond donors (Lipinski definition) is 1. The molecule has 0 radical (unpaired) electrons. The quantitative estimate of drug-likeness (QED) is 0.886. The number of amides is 3. The molecular formula is C21H23N3O2S. The standard InChI is InChI=1S/C21H23N3O2S/c1-3-22-20(26)24-12-13-27-21(24)17-10-6-7-11-18(17)23(19(21)25)14-16-9-5-4-8-15(16)2/h4-11H,3,12-14H2,1-2H3,(H,22,26)/t21-/m0/s1. The summed E-state index contributed by atoms with van der Waals surface area (Å²) in [4.78, 5) is 29.0. The number of anilines is 1. The predicted molar refractivity (Wildman–Crippen MR) is 109 cm³/mol. The molecule has 2 aromatic rings. The van der Waals surface area contributed by atoms with Crippen molar-refractivity contribution in [2.75, 3.05) is 23.7 Å². The Morgan fingerprint density at radius 2 is 1.93 bits per heavy atom. The van der Waals surface area contributed by atoms with Gasteiger partial charge in [0.25, 0.3) is 5.91 Å².